The molecule has 2 aromatic carbocycles. The molecule has 8 nitrogen and oxygen atoms in total. The van der Waals surface area contributed by atoms with Crippen LogP contribution in [0.15, 0.2) is 47.4 Å². The van der Waals surface area contributed by atoms with Gasteiger partial charge < -0.3 is 5.32 Å². The Kier molecular flexibility index (Phi) is 6.29. The lowest BCUT2D eigenvalue weighted by molar-refractivity contribution is -0.385. The minimum absolute atomic E-state index is 0.0894. The van der Waals surface area contributed by atoms with Crippen molar-refractivity contribution in [3.63, 3.8) is 0 Å². The Hall–Kier alpha value is -2.78. The largest absolute Gasteiger partial charge is 0.321 e. The number of carbonyl (C=O) groups excluding carboxylic acids is 1. The van der Waals surface area contributed by atoms with E-state index in [1.165, 1.54) is 40.7 Å². The van der Waals surface area contributed by atoms with E-state index in [0.717, 1.165) is 0 Å². The third kappa shape index (κ3) is 4.32. The van der Waals surface area contributed by atoms with Crippen LogP contribution in [-0.2, 0) is 10.0 Å². The lowest BCUT2D eigenvalue weighted by Gasteiger charge is -2.18. The fourth-order valence-electron chi connectivity index (χ4n) is 2.64. The quantitative estimate of drug-likeness (QED) is 0.576. The molecule has 0 aliphatic heterocycles. The Morgan fingerprint density at radius 2 is 1.70 bits per heavy atom. The van der Waals surface area contributed by atoms with Gasteiger partial charge in [-0.3, -0.25) is 14.9 Å². The first kappa shape index (κ1) is 20.5. The first-order valence-corrected chi connectivity index (χ1v) is 9.82. The molecule has 0 heterocycles. The topological polar surface area (TPSA) is 110 Å². The van der Waals surface area contributed by atoms with Gasteiger partial charge in [-0.15, -0.1) is 0 Å². The van der Waals surface area contributed by atoms with Crippen LogP contribution >= 0.6 is 0 Å². The van der Waals surface area contributed by atoms with Gasteiger partial charge in [-0.2, -0.15) is 4.31 Å². The normalized spacial score (nSPS) is 11.4. The molecule has 0 aromatic heterocycles. The maximum absolute atomic E-state index is 12.5. The van der Waals surface area contributed by atoms with Crippen LogP contribution in [0.4, 0.5) is 11.4 Å². The third-order valence-corrected chi connectivity index (χ3v) is 6.27. The molecule has 1 amide bonds. The van der Waals surface area contributed by atoms with Gasteiger partial charge in [0.2, 0.25) is 10.0 Å². The number of hydrogen-bond donors (Lipinski definition) is 1. The molecule has 1 N–H and O–H groups in total. The van der Waals surface area contributed by atoms with Crippen LogP contribution in [0, 0.1) is 17.0 Å². The average molecular weight is 391 g/mol. The fraction of sp³-hybridized carbons (Fsp3) is 0.278. The summed E-state index contributed by atoms with van der Waals surface area (Å²) in [6.07, 6.45) is 0. The van der Waals surface area contributed by atoms with E-state index in [-0.39, 0.29) is 16.1 Å². The van der Waals surface area contributed by atoms with Gasteiger partial charge in [0.1, 0.15) is 0 Å². The van der Waals surface area contributed by atoms with E-state index in [1.54, 1.807) is 26.8 Å². The summed E-state index contributed by atoms with van der Waals surface area (Å²) in [5.41, 5.74) is 0.832. The predicted octanol–water partition coefficient (Wildman–Crippen LogP) is 3.19. The molecule has 27 heavy (non-hydrogen) atoms. The van der Waals surface area contributed by atoms with E-state index in [2.05, 4.69) is 5.32 Å². The second kappa shape index (κ2) is 8.28. The van der Waals surface area contributed by atoms with Crippen LogP contribution in [0.3, 0.4) is 0 Å². The van der Waals surface area contributed by atoms with Gasteiger partial charge in [-0.1, -0.05) is 19.9 Å². The first-order valence-electron chi connectivity index (χ1n) is 8.37. The zero-order chi connectivity index (χ0) is 20.2. The number of nitro groups is 1. The minimum atomic E-state index is -3.60. The monoisotopic (exact) mass is 391 g/mol. The highest BCUT2D eigenvalue weighted by Gasteiger charge is 2.22. The summed E-state index contributed by atoms with van der Waals surface area (Å²) in [5, 5.41) is 13.6. The molecule has 0 saturated carbocycles. The Balaban J connectivity index is 2.25. The van der Waals surface area contributed by atoms with Gasteiger partial charge in [0, 0.05) is 24.7 Å². The van der Waals surface area contributed by atoms with E-state index >= 15 is 0 Å². The van der Waals surface area contributed by atoms with Crippen LogP contribution in [-0.4, -0.2) is 36.6 Å². The second-order valence-electron chi connectivity index (χ2n) is 5.77. The Labute approximate surface area is 158 Å². The molecule has 0 atom stereocenters. The maximum Gasteiger partial charge on any atom is 0.274 e. The van der Waals surface area contributed by atoms with Crippen molar-refractivity contribution in [1.29, 1.82) is 0 Å². The number of amides is 1. The van der Waals surface area contributed by atoms with Crippen LogP contribution in [0.25, 0.3) is 0 Å². The lowest BCUT2D eigenvalue weighted by atomic mass is 10.1. The number of nitrogens with zero attached hydrogens (tertiary/aromatic N) is 2. The molecule has 2 rings (SSSR count). The van der Waals surface area contributed by atoms with Gasteiger partial charge in [0.15, 0.2) is 0 Å². The number of sulfonamides is 1. The zero-order valence-electron chi connectivity index (χ0n) is 15.3. The Bertz CT molecular complexity index is 951. The number of benzene rings is 2. The summed E-state index contributed by atoms with van der Waals surface area (Å²) in [6.45, 7) is 5.77. The molecule has 0 bridgehead atoms. The van der Waals surface area contributed by atoms with Gasteiger partial charge in [0.25, 0.3) is 11.6 Å². The number of rotatable bonds is 7. The fourth-order valence-corrected chi connectivity index (χ4v) is 4.10. The van der Waals surface area contributed by atoms with Crippen LogP contribution in [0.2, 0.25) is 0 Å². The minimum Gasteiger partial charge on any atom is -0.321 e. The van der Waals surface area contributed by atoms with E-state index in [0.29, 0.717) is 24.3 Å². The van der Waals surface area contributed by atoms with Gasteiger partial charge in [-0.05, 0) is 37.3 Å². The highest BCUT2D eigenvalue weighted by Crippen LogP contribution is 2.25. The third-order valence-electron chi connectivity index (χ3n) is 4.21. The molecule has 0 radical (unpaired) electrons. The van der Waals surface area contributed by atoms with Crippen molar-refractivity contribution in [2.45, 2.75) is 25.7 Å². The van der Waals surface area contributed by atoms with Crippen molar-refractivity contribution in [3.05, 3.63) is 63.7 Å². The molecular formula is C18H21N3O5S. The summed E-state index contributed by atoms with van der Waals surface area (Å²) in [6, 6.07) is 10.0. The van der Waals surface area contributed by atoms with Crippen molar-refractivity contribution in [2.24, 2.45) is 0 Å². The highest BCUT2D eigenvalue weighted by atomic mass is 32.2. The predicted molar refractivity (Wildman–Crippen MR) is 102 cm³/mol. The standard InChI is InChI=1S/C18H21N3O5S/c1-4-20(5-2)27(25,26)15-11-9-14(10-12-15)18(22)19-16-7-6-8-17(13(16)3)21(23)24/h6-12H,4-5H2,1-3H3,(H,19,22). The highest BCUT2D eigenvalue weighted by molar-refractivity contribution is 7.89. The molecule has 0 aliphatic rings. The molecule has 0 saturated heterocycles. The van der Waals surface area contributed by atoms with Crippen molar-refractivity contribution in [3.8, 4) is 0 Å². The maximum atomic E-state index is 12.5. The van der Waals surface area contributed by atoms with Crippen LogP contribution < -0.4 is 5.32 Å². The van der Waals surface area contributed by atoms with Crippen LogP contribution in [0.5, 0.6) is 0 Å². The summed E-state index contributed by atoms with van der Waals surface area (Å²) < 4.78 is 26.3. The summed E-state index contributed by atoms with van der Waals surface area (Å²) in [5.74, 6) is -0.481. The lowest BCUT2D eigenvalue weighted by Crippen LogP contribution is -2.30. The molecular weight excluding hydrogens is 370 g/mol. The molecule has 144 valence electrons. The summed E-state index contributed by atoms with van der Waals surface area (Å²) in [7, 11) is -3.60. The van der Waals surface area contributed by atoms with Crippen molar-refractivity contribution in [1.82, 2.24) is 4.31 Å². The van der Waals surface area contributed by atoms with Crippen molar-refractivity contribution >= 4 is 27.3 Å². The van der Waals surface area contributed by atoms with E-state index in [4.69, 9.17) is 0 Å². The van der Waals surface area contributed by atoms with E-state index in [1.807, 2.05) is 0 Å². The van der Waals surface area contributed by atoms with E-state index < -0.39 is 20.9 Å². The zero-order valence-corrected chi connectivity index (χ0v) is 16.1. The van der Waals surface area contributed by atoms with Crippen molar-refractivity contribution < 1.29 is 18.1 Å². The summed E-state index contributed by atoms with van der Waals surface area (Å²) >= 11 is 0. The number of nitrogens with one attached hydrogen (secondary N) is 1. The first-order chi connectivity index (χ1) is 12.7. The Morgan fingerprint density at radius 1 is 1.11 bits per heavy atom. The summed E-state index contributed by atoms with van der Waals surface area (Å²) in [4.78, 5) is 23.0. The molecule has 0 fully saturated rings. The number of hydrogen-bond acceptors (Lipinski definition) is 5. The molecule has 2 aromatic rings. The van der Waals surface area contributed by atoms with Gasteiger partial charge in [-0.25, -0.2) is 8.42 Å². The van der Waals surface area contributed by atoms with E-state index in [9.17, 15) is 23.3 Å². The Morgan fingerprint density at radius 3 is 2.22 bits per heavy atom. The molecule has 0 spiro atoms. The van der Waals surface area contributed by atoms with Gasteiger partial charge in [0.05, 0.1) is 21.1 Å². The second-order valence-corrected chi connectivity index (χ2v) is 7.71. The molecule has 0 unspecified atom stereocenters. The average Bonchev–Trinajstić information content (AvgIpc) is 2.64. The molecule has 0 aliphatic carbocycles. The smallest absolute Gasteiger partial charge is 0.274 e. The SMILES string of the molecule is CCN(CC)S(=O)(=O)c1ccc(C(=O)Nc2cccc([N+](=O)[O-])c2C)cc1. The van der Waals surface area contributed by atoms with Crippen LogP contribution in [0.1, 0.15) is 29.8 Å². The molecule has 9 heteroatoms. The number of carbonyl (C=O) groups is 1. The van der Waals surface area contributed by atoms with Gasteiger partial charge >= 0.3 is 0 Å². The van der Waals surface area contributed by atoms with Crippen molar-refractivity contribution in [2.75, 3.05) is 18.4 Å². The number of nitro benzene ring substituents is 1. The number of anilines is 1.